The van der Waals surface area contributed by atoms with Crippen LogP contribution in [-0.4, -0.2) is 26.2 Å². The second kappa shape index (κ2) is 2.97. The Morgan fingerprint density at radius 3 is 1.86 bits per heavy atom. The Morgan fingerprint density at radius 2 is 1.50 bits per heavy atom. The van der Waals surface area contributed by atoms with Crippen LogP contribution in [0.2, 0.25) is 0 Å². The number of ether oxygens (including phenoxy) is 2. The lowest BCUT2D eigenvalue weighted by molar-refractivity contribution is -0.169. The summed E-state index contributed by atoms with van der Waals surface area (Å²) in [6, 6.07) is 0. The van der Waals surface area contributed by atoms with E-state index in [4.69, 9.17) is 0 Å². The molecule has 4 nitrogen and oxygen atoms in total. The van der Waals surface area contributed by atoms with Crippen LogP contribution in [0.15, 0.2) is 0 Å². The van der Waals surface area contributed by atoms with Gasteiger partial charge in [0, 0.05) is 0 Å². The molecule has 0 heterocycles. The number of methoxy groups -OCH3 is 2. The van der Waals surface area contributed by atoms with Crippen molar-refractivity contribution in [3.8, 4) is 0 Å². The van der Waals surface area contributed by atoms with Gasteiger partial charge in [-0.3, -0.25) is 9.59 Å². The standard InChI is InChI=1S/C10H14O4/c1-13-8(11)10(9(12)14-2)4-6-3-7(6)5-10/h6-7H,3-5H2,1-2H3. The van der Waals surface area contributed by atoms with Crippen molar-refractivity contribution < 1.29 is 19.1 Å². The summed E-state index contributed by atoms with van der Waals surface area (Å²) in [4.78, 5) is 23.2. The third kappa shape index (κ3) is 1.13. The zero-order chi connectivity index (χ0) is 10.3. The van der Waals surface area contributed by atoms with Gasteiger partial charge in [-0.15, -0.1) is 0 Å². The molecule has 0 saturated heterocycles. The molecule has 0 aromatic heterocycles. The predicted octanol–water partition coefficient (Wildman–Crippen LogP) is 0.749. The van der Waals surface area contributed by atoms with Crippen molar-refractivity contribution in [3.05, 3.63) is 0 Å². The van der Waals surface area contributed by atoms with Crippen molar-refractivity contribution in [1.29, 1.82) is 0 Å². The molecule has 0 amide bonds. The lowest BCUT2D eigenvalue weighted by Gasteiger charge is -2.24. The minimum absolute atomic E-state index is 0.434. The number of rotatable bonds is 2. The van der Waals surface area contributed by atoms with E-state index in [1.165, 1.54) is 14.2 Å². The quantitative estimate of drug-likeness (QED) is 0.485. The average molecular weight is 198 g/mol. The summed E-state index contributed by atoms with van der Waals surface area (Å²) in [7, 11) is 2.63. The summed E-state index contributed by atoms with van der Waals surface area (Å²) >= 11 is 0. The van der Waals surface area contributed by atoms with Crippen molar-refractivity contribution in [2.45, 2.75) is 19.3 Å². The minimum Gasteiger partial charge on any atom is -0.468 e. The van der Waals surface area contributed by atoms with Crippen LogP contribution in [0.5, 0.6) is 0 Å². The van der Waals surface area contributed by atoms with E-state index in [0.717, 1.165) is 6.42 Å². The summed E-state index contributed by atoms with van der Waals surface area (Å²) in [5.74, 6) is 0.203. The molecule has 2 aliphatic carbocycles. The van der Waals surface area contributed by atoms with E-state index >= 15 is 0 Å². The van der Waals surface area contributed by atoms with Gasteiger partial charge in [0.05, 0.1) is 14.2 Å². The first kappa shape index (κ1) is 9.49. The maximum absolute atomic E-state index is 11.6. The SMILES string of the molecule is COC(=O)C1(C(=O)OC)CC2CC2C1. The zero-order valence-corrected chi connectivity index (χ0v) is 8.41. The highest BCUT2D eigenvalue weighted by molar-refractivity contribution is 6.00. The molecule has 0 bridgehead atoms. The number of carbonyl (C=O) groups is 2. The predicted molar refractivity (Wildman–Crippen MR) is 47.3 cm³/mol. The first-order valence-corrected chi connectivity index (χ1v) is 4.81. The molecular formula is C10H14O4. The summed E-state index contributed by atoms with van der Waals surface area (Å²) < 4.78 is 9.38. The van der Waals surface area contributed by atoms with Crippen LogP contribution < -0.4 is 0 Å². The Bertz CT molecular complexity index is 256. The lowest BCUT2D eigenvalue weighted by Crippen LogP contribution is -2.40. The highest BCUT2D eigenvalue weighted by Crippen LogP contribution is 2.60. The van der Waals surface area contributed by atoms with E-state index in [-0.39, 0.29) is 0 Å². The molecule has 78 valence electrons. The number of fused-ring (bicyclic) bond motifs is 1. The fraction of sp³-hybridized carbons (Fsp3) is 0.800. The van der Waals surface area contributed by atoms with Crippen LogP contribution in [0.4, 0.5) is 0 Å². The van der Waals surface area contributed by atoms with Gasteiger partial charge < -0.3 is 9.47 Å². The number of hydrogen-bond donors (Lipinski definition) is 0. The van der Waals surface area contributed by atoms with Crippen LogP contribution >= 0.6 is 0 Å². The fourth-order valence-corrected chi connectivity index (χ4v) is 2.60. The van der Waals surface area contributed by atoms with Crippen molar-refractivity contribution in [1.82, 2.24) is 0 Å². The molecular weight excluding hydrogens is 184 g/mol. The van der Waals surface area contributed by atoms with E-state index in [1.54, 1.807) is 0 Å². The van der Waals surface area contributed by atoms with Gasteiger partial charge in [-0.25, -0.2) is 0 Å². The van der Waals surface area contributed by atoms with Gasteiger partial charge in [0.25, 0.3) is 0 Å². The van der Waals surface area contributed by atoms with Gasteiger partial charge >= 0.3 is 11.9 Å². The normalized spacial score (nSPS) is 31.9. The third-order valence-electron chi connectivity index (χ3n) is 3.44. The van der Waals surface area contributed by atoms with Gasteiger partial charge in [-0.1, -0.05) is 0 Å². The smallest absolute Gasteiger partial charge is 0.323 e. The van der Waals surface area contributed by atoms with Crippen LogP contribution in [-0.2, 0) is 19.1 Å². The molecule has 0 aliphatic heterocycles. The first-order chi connectivity index (χ1) is 6.64. The third-order valence-corrected chi connectivity index (χ3v) is 3.44. The van der Waals surface area contributed by atoms with Gasteiger partial charge in [-0.05, 0) is 31.1 Å². The molecule has 14 heavy (non-hydrogen) atoms. The van der Waals surface area contributed by atoms with E-state index < -0.39 is 17.4 Å². The molecule has 0 spiro atoms. The van der Waals surface area contributed by atoms with Gasteiger partial charge in [0.15, 0.2) is 5.41 Å². The molecule has 4 heteroatoms. The molecule has 2 fully saturated rings. The van der Waals surface area contributed by atoms with Crippen molar-refractivity contribution in [3.63, 3.8) is 0 Å². The molecule has 0 N–H and O–H groups in total. The Labute approximate surface area is 82.6 Å². The molecule has 0 radical (unpaired) electrons. The van der Waals surface area contributed by atoms with Crippen LogP contribution in [0.1, 0.15) is 19.3 Å². The molecule has 2 unspecified atom stereocenters. The zero-order valence-electron chi connectivity index (χ0n) is 8.41. The summed E-state index contributed by atoms with van der Waals surface area (Å²) in [5.41, 5.74) is -0.989. The van der Waals surface area contributed by atoms with Gasteiger partial charge in [-0.2, -0.15) is 0 Å². The van der Waals surface area contributed by atoms with Crippen LogP contribution in [0.3, 0.4) is 0 Å². The summed E-state index contributed by atoms with van der Waals surface area (Å²) in [6.07, 6.45) is 2.36. The van der Waals surface area contributed by atoms with Crippen LogP contribution in [0, 0.1) is 17.3 Å². The summed E-state index contributed by atoms with van der Waals surface area (Å²) in [6.45, 7) is 0. The first-order valence-electron chi connectivity index (χ1n) is 4.81. The van der Waals surface area contributed by atoms with E-state index in [0.29, 0.717) is 24.7 Å². The number of carbonyl (C=O) groups excluding carboxylic acids is 2. The van der Waals surface area contributed by atoms with Gasteiger partial charge in [0.2, 0.25) is 0 Å². The second-order valence-corrected chi connectivity index (χ2v) is 4.23. The molecule has 0 aromatic rings. The summed E-state index contributed by atoms with van der Waals surface area (Å²) in [5, 5.41) is 0. The fourth-order valence-electron chi connectivity index (χ4n) is 2.60. The average Bonchev–Trinajstić information content (AvgIpc) is 2.83. The molecule has 2 saturated carbocycles. The van der Waals surface area contributed by atoms with Crippen LogP contribution in [0.25, 0.3) is 0 Å². The molecule has 2 rings (SSSR count). The van der Waals surface area contributed by atoms with Gasteiger partial charge in [0.1, 0.15) is 0 Å². The molecule has 0 aromatic carbocycles. The maximum Gasteiger partial charge on any atom is 0.323 e. The minimum atomic E-state index is -0.989. The highest BCUT2D eigenvalue weighted by Gasteiger charge is 2.62. The monoisotopic (exact) mass is 198 g/mol. The maximum atomic E-state index is 11.6. The Balaban J connectivity index is 2.21. The van der Waals surface area contributed by atoms with Crippen molar-refractivity contribution in [2.24, 2.45) is 17.3 Å². The second-order valence-electron chi connectivity index (χ2n) is 4.23. The number of esters is 2. The molecule has 2 atom stereocenters. The van der Waals surface area contributed by atoms with E-state index in [1.807, 2.05) is 0 Å². The van der Waals surface area contributed by atoms with Crippen molar-refractivity contribution in [2.75, 3.05) is 14.2 Å². The topological polar surface area (TPSA) is 52.6 Å². The largest absolute Gasteiger partial charge is 0.468 e. The number of hydrogen-bond acceptors (Lipinski definition) is 4. The van der Waals surface area contributed by atoms with Crippen molar-refractivity contribution >= 4 is 11.9 Å². The Hall–Kier alpha value is -1.06. The van der Waals surface area contributed by atoms with E-state index in [9.17, 15) is 9.59 Å². The molecule has 2 aliphatic rings. The Morgan fingerprint density at radius 1 is 1.07 bits per heavy atom. The Kier molecular flexibility index (Phi) is 2.01. The highest BCUT2D eigenvalue weighted by atomic mass is 16.5. The van der Waals surface area contributed by atoms with E-state index in [2.05, 4.69) is 9.47 Å². The lowest BCUT2D eigenvalue weighted by atomic mass is 9.83.